The van der Waals surface area contributed by atoms with Crippen LogP contribution in [0.5, 0.6) is 0 Å². The number of para-hydroxylation sites is 1. The summed E-state index contributed by atoms with van der Waals surface area (Å²) in [5, 5.41) is 18.0. The smallest absolute Gasteiger partial charge is 0.414 e. The Balaban J connectivity index is 0.000000568. The Labute approximate surface area is 141 Å². The predicted molar refractivity (Wildman–Crippen MR) is 85.4 cm³/mol. The fraction of sp³-hybridized carbons (Fsp3) is 0.438. The number of hydrogen-bond donors (Lipinski definition) is 3. The van der Waals surface area contributed by atoms with Crippen molar-refractivity contribution in [3.63, 3.8) is 0 Å². The number of anilines is 1. The highest BCUT2D eigenvalue weighted by Gasteiger charge is 2.25. The number of amides is 1. The Kier molecular flexibility index (Phi) is 5.02. The van der Waals surface area contributed by atoms with Crippen molar-refractivity contribution in [2.75, 3.05) is 18.0 Å². The minimum atomic E-state index is -1.82. The topological polar surface area (TPSA) is 107 Å². The van der Waals surface area contributed by atoms with Gasteiger partial charge in [-0.2, -0.15) is 0 Å². The molecule has 1 aliphatic rings. The van der Waals surface area contributed by atoms with Gasteiger partial charge >= 0.3 is 11.9 Å². The molecule has 0 radical (unpaired) electrons. The van der Waals surface area contributed by atoms with E-state index in [0.717, 1.165) is 13.1 Å². The summed E-state index contributed by atoms with van der Waals surface area (Å²) < 4.78 is 39.4. The molecule has 1 saturated heterocycles. The molecule has 0 saturated carbocycles. The molecular formula is C16H22N2O5. The van der Waals surface area contributed by atoms with Gasteiger partial charge in [0.2, 0.25) is 5.91 Å². The number of carboxylic acids is 2. The maximum absolute atomic E-state index is 12.4. The van der Waals surface area contributed by atoms with E-state index in [9.17, 15) is 4.79 Å². The second-order valence-corrected chi connectivity index (χ2v) is 4.68. The van der Waals surface area contributed by atoms with Crippen LogP contribution in [0.15, 0.2) is 30.2 Å². The summed E-state index contributed by atoms with van der Waals surface area (Å²) in [6, 6.07) is -2.01. The number of hydrogen-bond acceptors (Lipinski definition) is 4. The molecule has 1 fully saturated rings. The first kappa shape index (κ1) is 12.1. The summed E-state index contributed by atoms with van der Waals surface area (Å²) in [6.07, 6.45) is 1.63. The normalized spacial score (nSPS) is 17.3. The maximum Gasteiger partial charge on any atom is 0.414 e. The lowest BCUT2D eigenvalue weighted by atomic mass is 10.0. The third kappa shape index (κ3) is 6.07. The zero-order valence-electron chi connectivity index (χ0n) is 17.7. The molecule has 23 heavy (non-hydrogen) atoms. The molecule has 7 nitrogen and oxygen atoms in total. The van der Waals surface area contributed by atoms with Gasteiger partial charge in [0.25, 0.3) is 0 Å². The standard InChI is InChI=1S/C14H20N2O.C2H2O4/c1-2-14(17)16(12-6-4-3-5-7-12)13-8-10-15-11-9-13;3-1(4)2(5)6/h3-7,13,15H,2,8-11H2,1H3;(H,3,4)(H,5,6)/i3D,4D,5D,6D,7D;. The lowest BCUT2D eigenvalue weighted by Crippen LogP contribution is -2.46. The van der Waals surface area contributed by atoms with Crippen molar-refractivity contribution in [2.24, 2.45) is 0 Å². The number of carbonyl (C=O) groups is 3. The summed E-state index contributed by atoms with van der Waals surface area (Å²) in [4.78, 5) is 32.0. The highest BCUT2D eigenvalue weighted by Crippen LogP contribution is 2.22. The van der Waals surface area contributed by atoms with Gasteiger partial charge in [0, 0.05) is 18.2 Å². The largest absolute Gasteiger partial charge is 0.473 e. The van der Waals surface area contributed by atoms with Gasteiger partial charge in [-0.15, -0.1) is 0 Å². The Hall–Kier alpha value is -2.41. The Bertz CT molecular complexity index is 727. The Morgan fingerprint density at radius 2 is 1.70 bits per heavy atom. The number of piperidine rings is 1. The zero-order valence-corrected chi connectivity index (χ0v) is 12.7. The van der Waals surface area contributed by atoms with Gasteiger partial charge in [-0.25, -0.2) is 9.59 Å². The van der Waals surface area contributed by atoms with Crippen LogP contribution in [0.25, 0.3) is 0 Å². The van der Waals surface area contributed by atoms with E-state index < -0.39 is 30.1 Å². The van der Waals surface area contributed by atoms with Crippen molar-refractivity contribution in [3.8, 4) is 0 Å². The van der Waals surface area contributed by atoms with Crippen LogP contribution in [-0.2, 0) is 14.4 Å². The van der Waals surface area contributed by atoms with E-state index in [1.54, 1.807) is 6.92 Å². The Morgan fingerprint density at radius 1 is 1.17 bits per heavy atom. The van der Waals surface area contributed by atoms with Crippen LogP contribution in [0.4, 0.5) is 5.69 Å². The van der Waals surface area contributed by atoms with Crippen molar-refractivity contribution in [3.05, 3.63) is 30.2 Å². The second kappa shape index (κ2) is 9.58. The lowest BCUT2D eigenvalue weighted by molar-refractivity contribution is -0.159. The van der Waals surface area contributed by atoms with E-state index in [4.69, 9.17) is 26.7 Å². The first-order valence-corrected chi connectivity index (χ1v) is 7.10. The van der Waals surface area contributed by atoms with Crippen LogP contribution in [-0.4, -0.2) is 47.2 Å². The van der Waals surface area contributed by atoms with Crippen LogP contribution in [0, 0.1) is 0 Å². The molecule has 0 aliphatic carbocycles. The van der Waals surface area contributed by atoms with Crippen molar-refractivity contribution in [2.45, 2.75) is 32.2 Å². The van der Waals surface area contributed by atoms with Gasteiger partial charge in [-0.3, -0.25) is 4.79 Å². The summed E-state index contributed by atoms with van der Waals surface area (Å²) in [5.41, 5.74) is 0.00440. The van der Waals surface area contributed by atoms with E-state index in [1.165, 1.54) is 4.90 Å². The van der Waals surface area contributed by atoms with Gasteiger partial charge in [0.15, 0.2) is 0 Å². The maximum atomic E-state index is 12.4. The number of aliphatic carboxylic acids is 2. The van der Waals surface area contributed by atoms with Crippen LogP contribution >= 0.6 is 0 Å². The molecule has 7 heteroatoms. The van der Waals surface area contributed by atoms with Gasteiger partial charge < -0.3 is 20.4 Å². The highest BCUT2D eigenvalue weighted by atomic mass is 16.4. The first-order valence-electron chi connectivity index (χ1n) is 9.60. The highest BCUT2D eigenvalue weighted by molar-refractivity contribution is 6.27. The average molecular weight is 327 g/mol. The lowest BCUT2D eigenvalue weighted by Gasteiger charge is -2.34. The quantitative estimate of drug-likeness (QED) is 0.723. The van der Waals surface area contributed by atoms with Crippen molar-refractivity contribution >= 4 is 23.5 Å². The molecule has 1 aromatic rings. The third-order valence-corrected chi connectivity index (χ3v) is 3.16. The van der Waals surface area contributed by atoms with Crippen LogP contribution < -0.4 is 10.2 Å². The van der Waals surface area contributed by atoms with E-state index >= 15 is 0 Å². The Morgan fingerprint density at radius 3 is 2.13 bits per heavy atom. The average Bonchev–Trinajstić information content (AvgIpc) is 2.68. The summed E-state index contributed by atoms with van der Waals surface area (Å²) in [6.45, 7) is 3.21. The van der Waals surface area contributed by atoms with Crippen molar-refractivity contribution < 1.29 is 31.5 Å². The third-order valence-electron chi connectivity index (χ3n) is 3.16. The molecule has 3 N–H and O–H groups in total. The van der Waals surface area contributed by atoms with Crippen LogP contribution in [0.1, 0.15) is 33.0 Å². The summed E-state index contributed by atoms with van der Waals surface area (Å²) in [7, 11) is 0. The molecule has 0 aromatic heterocycles. The monoisotopic (exact) mass is 327 g/mol. The molecule has 1 aromatic carbocycles. The summed E-state index contributed by atoms with van der Waals surface area (Å²) in [5.74, 6) is -3.87. The zero-order chi connectivity index (χ0) is 21.6. The molecule has 2 rings (SSSR count). The fourth-order valence-electron chi connectivity index (χ4n) is 2.11. The molecule has 1 amide bonds. The van der Waals surface area contributed by atoms with Gasteiger partial charge in [0.05, 0.1) is 6.85 Å². The van der Waals surface area contributed by atoms with Crippen LogP contribution in [0.2, 0.25) is 0 Å². The molecule has 0 bridgehead atoms. The van der Waals surface area contributed by atoms with E-state index in [2.05, 4.69) is 5.32 Å². The second-order valence-electron chi connectivity index (χ2n) is 4.68. The number of nitrogens with one attached hydrogen (secondary N) is 1. The minimum Gasteiger partial charge on any atom is -0.473 e. The number of benzene rings is 1. The molecule has 1 aliphatic heterocycles. The van der Waals surface area contributed by atoms with Gasteiger partial charge in [0.1, 0.15) is 0 Å². The van der Waals surface area contributed by atoms with Crippen LogP contribution in [0.3, 0.4) is 0 Å². The van der Waals surface area contributed by atoms with Gasteiger partial charge in [-0.1, -0.05) is 25.1 Å². The fourth-order valence-corrected chi connectivity index (χ4v) is 2.11. The number of nitrogens with zero attached hydrogens (tertiary/aromatic N) is 1. The molecule has 0 atom stereocenters. The predicted octanol–water partition coefficient (Wildman–Crippen LogP) is 1.34. The van der Waals surface area contributed by atoms with Crippen molar-refractivity contribution in [1.29, 1.82) is 0 Å². The van der Waals surface area contributed by atoms with E-state index in [1.807, 2.05) is 0 Å². The first-order chi connectivity index (χ1) is 13.0. The molecule has 126 valence electrons. The van der Waals surface area contributed by atoms with Gasteiger partial charge in [-0.05, 0) is 38.0 Å². The molecule has 0 unspecified atom stereocenters. The number of rotatable bonds is 3. The summed E-state index contributed by atoms with van der Waals surface area (Å²) >= 11 is 0. The van der Waals surface area contributed by atoms with Crippen molar-refractivity contribution in [1.82, 2.24) is 5.32 Å². The van der Waals surface area contributed by atoms with E-state index in [-0.39, 0.29) is 36.1 Å². The minimum absolute atomic E-state index is 0.00440. The molecule has 0 spiro atoms. The number of carboxylic acid groups (broad SMARTS) is 2. The number of carbonyl (C=O) groups excluding carboxylic acids is 1. The SMILES string of the molecule is O=C(O)C(=O)O.[2H]c1c([2H])c([2H])c(N(C(=O)CC)C2CCNCC2)c([2H])c1[2H]. The molecule has 1 heterocycles. The van der Waals surface area contributed by atoms with E-state index in [0.29, 0.717) is 12.8 Å². The molecular weight excluding hydrogens is 300 g/mol.